The Morgan fingerprint density at radius 1 is 1.17 bits per heavy atom. The van der Waals surface area contributed by atoms with Crippen molar-refractivity contribution in [1.82, 2.24) is 34.1 Å². The predicted molar refractivity (Wildman–Crippen MR) is 173 cm³/mol. The highest BCUT2D eigenvalue weighted by Crippen LogP contribution is 2.53. The first-order chi connectivity index (χ1) is 22.7. The van der Waals surface area contributed by atoms with Crippen LogP contribution in [0.25, 0.3) is 21.5 Å². The minimum atomic E-state index is -4.29. The SMILES string of the molecule is COCC1[C@@H](OP(O)(=S)OC[C@@H]2C[C@@H](F)[C@H](n3cnc4c(N)ncnc43)O2)[C@H](n2c(=O)sc3c(=O)[nH]c(N)nc32)O[C@@H]1COP(=O)(O)S. The molecule has 20 nitrogen and oxygen atoms in total. The van der Waals surface area contributed by atoms with E-state index in [-0.39, 0.29) is 46.3 Å². The van der Waals surface area contributed by atoms with Gasteiger partial charge in [-0.3, -0.25) is 28.2 Å². The number of nitrogens with zero attached hydrogens (tertiary/aromatic N) is 6. The van der Waals surface area contributed by atoms with Crippen LogP contribution in [0.5, 0.6) is 0 Å². The molecule has 6 rings (SSSR count). The normalized spacial score (nSPS) is 28.6. The Balaban J connectivity index is 1.24. The minimum absolute atomic E-state index is 0.0806. The number of halogens is 1. The number of H-pyrrole nitrogens is 1. The molecule has 262 valence electrons. The van der Waals surface area contributed by atoms with Gasteiger partial charge in [0, 0.05) is 19.4 Å². The van der Waals surface area contributed by atoms with Gasteiger partial charge in [-0.05, 0) is 11.8 Å². The molecule has 0 saturated carbocycles. The van der Waals surface area contributed by atoms with Crippen LogP contribution < -0.4 is 21.9 Å². The number of aromatic nitrogens is 7. The summed E-state index contributed by atoms with van der Waals surface area (Å²) in [5, 5.41) is 0. The number of hydrogen-bond donors (Lipinski definition) is 6. The molecule has 4 aromatic rings. The number of ether oxygens (including phenoxy) is 3. The van der Waals surface area contributed by atoms with Gasteiger partial charge in [0.25, 0.3) is 5.56 Å². The van der Waals surface area contributed by atoms with Crippen LogP contribution in [0.1, 0.15) is 18.9 Å². The topological polar surface area (TPSA) is 276 Å². The van der Waals surface area contributed by atoms with E-state index in [0.717, 1.165) is 4.57 Å². The molecule has 0 radical (unpaired) electrons. The zero-order valence-corrected chi connectivity index (χ0v) is 28.8. The number of imidazole rings is 1. The van der Waals surface area contributed by atoms with Crippen molar-refractivity contribution in [1.29, 1.82) is 0 Å². The highest BCUT2D eigenvalue weighted by molar-refractivity contribution is 8.44. The van der Waals surface area contributed by atoms with E-state index in [9.17, 15) is 23.9 Å². The molecule has 2 fully saturated rings. The van der Waals surface area contributed by atoms with E-state index in [4.69, 9.17) is 51.1 Å². The van der Waals surface area contributed by atoms with Crippen LogP contribution in [0, 0.1) is 5.92 Å². The second-order valence-electron chi connectivity index (χ2n) is 10.6. The van der Waals surface area contributed by atoms with Gasteiger partial charge < -0.3 is 44.5 Å². The predicted octanol–water partition coefficient (Wildman–Crippen LogP) is 0.602. The molecule has 0 aliphatic carbocycles. The third-order valence-corrected chi connectivity index (χ3v) is 10.8. The zero-order valence-electron chi connectivity index (χ0n) is 24.5. The zero-order chi connectivity index (χ0) is 34.5. The summed E-state index contributed by atoms with van der Waals surface area (Å²) in [5.41, 5.74) is 11.3. The molecule has 2 aliphatic heterocycles. The molecule has 0 bridgehead atoms. The van der Waals surface area contributed by atoms with Crippen LogP contribution in [0.15, 0.2) is 22.2 Å². The number of methoxy groups -OCH3 is 1. The lowest BCUT2D eigenvalue weighted by molar-refractivity contribution is -0.0501. The third kappa shape index (κ3) is 7.22. The van der Waals surface area contributed by atoms with Gasteiger partial charge >= 0.3 is 18.4 Å². The minimum Gasteiger partial charge on any atom is -0.384 e. The number of aromatic amines is 1. The Bertz CT molecular complexity index is 2040. The van der Waals surface area contributed by atoms with E-state index >= 15 is 4.39 Å². The molecule has 0 aromatic carbocycles. The summed E-state index contributed by atoms with van der Waals surface area (Å²) in [6.45, 7) is -9.64. The molecular formula is C22H28FN9O11P2S3. The molecule has 9 atom stereocenters. The van der Waals surface area contributed by atoms with Crippen molar-refractivity contribution < 1.29 is 46.5 Å². The number of fused-ring (bicyclic) bond motifs is 2. The van der Waals surface area contributed by atoms with Crippen molar-refractivity contribution in [2.45, 2.75) is 43.4 Å². The maximum Gasteiger partial charge on any atom is 0.383 e. The van der Waals surface area contributed by atoms with E-state index in [1.807, 2.05) is 0 Å². The highest BCUT2D eigenvalue weighted by Gasteiger charge is 2.50. The largest absolute Gasteiger partial charge is 0.384 e. The van der Waals surface area contributed by atoms with Crippen LogP contribution in [0.2, 0.25) is 0 Å². The number of hydrogen-bond acceptors (Lipinski definition) is 17. The van der Waals surface area contributed by atoms with Crippen molar-refractivity contribution in [3.63, 3.8) is 0 Å². The molecule has 2 saturated heterocycles. The Labute approximate surface area is 282 Å². The summed E-state index contributed by atoms with van der Waals surface area (Å²) in [4.78, 5) is 64.4. The summed E-state index contributed by atoms with van der Waals surface area (Å²) < 4.78 is 63.0. The third-order valence-electron chi connectivity index (χ3n) is 7.48. The second kappa shape index (κ2) is 13.7. The first-order valence-corrected chi connectivity index (χ1v) is 19.9. The molecule has 4 aromatic heterocycles. The van der Waals surface area contributed by atoms with Gasteiger partial charge in [0.15, 0.2) is 29.6 Å². The summed E-state index contributed by atoms with van der Waals surface area (Å²) >= 11 is 9.38. The summed E-state index contributed by atoms with van der Waals surface area (Å²) in [7, 11) is 1.35. The van der Waals surface area contributed by atoms with E-state index in [1.165, 1.54) is 24.3 Å². The van der Waals surface area contributed by atoms with Gasteiger partial charge in [-0.2, -0.15) is 4.98 Å². The number of thiol groups is 1. The Morgan fingerprint density at radius 3 is 2.67 bits per heavy atom. The maximum atomic E-state index is 15.2. The van der Waals surface area contributed by atoms with E-state index in [2.05, 4.69) is 37.2 Å². The van der Waals surface area contributed by atoms with Crippen molar-refractivity contribution in [2.75, 3.05) is 38.4 Å². The molecular weight excluding hydrogens is 743 g/mol. The van der Waals surface area contributed by atoms with Crippen molar-refractivity contribution in [3.05, 3.63) is 32.7 Å². The smallest absolute Gasteiger partial charge is 0.383 e. The van der Waals surface area contributed by atoms with Crippen molar-refractivity contribution in [3.8, 4) is 0 Å². The molecule has 2 aliphatic rings. The monoisotopic (exact) mass is 771 g/mol. The van der Waals surface area contributed by atoms with Gasteiger partial charge in [-0.1, -0.05) is 23.6 Å². The number of anilines is 2. The average Bonchev–Trinajstić information content (AvgIpc) is 3.75. The number of nitrogens with two attached hydrogens (primary N) is 2. The number of alkyl halides is 1. The number of rotatable bonds is 12. The van der Waals surface area contributed by atoms with Crippen molar-refractivity contribution in [2.24, 2.45) is 5.92 Å². The van der Waals surface area contributed by atoms with Gasteiger partial charge in [0.2, 0.25) is 5.95 Å². The maximum absolute atomic E-state index is 15.2. The highest BCUT2D eigenvalue weighted by atomic mass is 32.7. The Hall–Kier alpha value is -2.44. The van der Waals surface area contributed by atoms with Gasteiger partial charge in [0.1, 0.15) is 28.8 Å². The first kappa shape index (κ1) is 35.4. The molecule has 3 unspecified atom stereocenters. The van der Waals surface area contributed by atoms with Gasteiger partial charge in [-0.15, -0.1) is 0 Å². The van der Waals surface area contributed by atoms with Crippen molar-refractivity contribution >= 4 is 82.2 Å². The van der Waals surface area contributed by atoms with E-state index in [1.54, 1.807) is 0 Å². The quantitative estimate of drug-likeness (QED) is 0.0850. The fourth-order valence-electron chi connectivity index (χ4n) is 5.49. The van der Waals surface area contributed by atoms with Crippen LogP contribution in [0.4, 0.5) is 16.2 Å². The Kier molecular flexibility index (Phi) is 10.1. The Morgan fingerprint density at radius 2 is 1.94 bits per heavy atom. The average molecular weight is 772 g/mol. The number of thiazole rings is 1. The second-order valence-corrected chi connectivity index (χ2v) is 17.1. The molecule has 0 amide bonds. The fraction of sp³-hybridized carbons (Fsp3) is 0.545. The molecule has 6 heterocycles. The first-order valence-electron chi connectivity index (χ1n) is 13.8. The standard InChI is InChI=1S/C22H28FN9O11P2S3/c1-38-4-9-11(5-39-44(35,36)46)42-20(32-17-14(48-22(32)34)18(33)30-21(25)29-17)13(9)43-45(37,47)40-3-8-2-10(23)19(41-8)31-7-28-12-15(24)26-6-27-16(12)31/h6-11,13,19-20H,2-5H2,1H3,(H,37,47)(H2,24,26,27)(H2,35,36,46)(H3,25,29,30,33)/t8-,9?,10+,11+,13+,19+,20+,45?/m0/s1. The summed E-state index contributed by atoms with van der Waals surface area (Å²) in [6.07, 6.45) is -5.09. The van der Waals surface area contributed by atoms with Gasteiger partial charge in [0.05, 0.1) is 38.4 Å². The number of nitrogen functional groups attached to an aromatic ring is 2. The molecule has 48 heavy (non-hydrogen) atoms. The lowest BCUT2D eigenvalue weighted by atomic mass is 9.99. The summed E-state index contributed by atoms with van der Waals surface area (Å²) in [6, 6.07) is 0. The molecule has 7 N–H and O–H groups in total. The lowest BCUT2D eigenvalue weighted by Gasteiger charge is -2.28. The fourth-order valence-corrected chi connectivity index (χ4v) is 8.33. The summed E-state index contributed by atoms with van der Waals surface area (Å²) in [5.74, 6) is -1.10. The van der Waals surface area contributed by atoms with E-state index in [0.29, 0.717) is 11.3 Å². The lowest BCUT2D eigenvalue weighted by Crippen LogP contribution is -2.35. The van der Waals surface area contributed by atoms with Crippen LogP contribution in [-0.4, -0.2) is 95.3 Å². The van der Waals surface area contributed by atoms with Crippen LogP contribution >= 0.6 is 37.1 Å². The van der Waals surface area contributed by atoms with Gasteiger partial charge in [-0.25, -0.2) is 23.9 Å². The van der Waals surface area contributed by atoms with E-state index < -0.39 is 80.0 Å². The van der Waals surface area contributed by atoms with Crippen LogP contribution in [0.3, 0.4) is 0 Å². The molecule has 0 spiro atoms. The number of nitrogens with one attached hydrogen (secondary N) is 1. The molecule has 26 heteroatoms. The van der Waals surface area contributed by atoms with Crippen LogP contribution in [-0.2, 0) is 44.2 Å².